The second-order valence-electron chi connectivity index (χ2n) is 5.88. The molecule has 1 aromatic heterocycles. The fourth-order valence-corrected chi connectivity index (χ4v) is 3.42. The molecular weight excluding hydrogens is 392 g/mol. The van der Waals surface area contributed by atoms with Crippen molar-refractivity contribution in [2.75, 3.05) is 25.3 Å². The molecule has 0 bridgehead atoms. The van der Waals surface area contributed by atoms with Crippen LogP contribution in [0.3, 0.4) is 0 Å². The van der Waals surface area contributed by atoms with Gasteiger partial charge in [0.1, 0.15) is 6.61 Å². The third kappa shape index (κ3) is 5.01. The van der Waals surface area contributed by atoms with E-state index in [1.807, 2.05) is 34.9 Å². The van der Waals surface area contributed by atoms with Crippen LogP contribution in [-0.2, 0) is 20.9 Å². The number of carbonyl (C=O) groups excluding carboxylic acids is 2. The normalized spacial score (nSPS) is 10.6. The van der Waals surface area contributed by atoms with Gasteiger partial charge in [-0.15, -0.1) is 10.2 Å². The third-order valence-electron chi connectivity index (χ3n) is 3.93. The largest absolute Gasteiger partial charge is 0.465 e. The number of rotatable bonds is 8. The lowest BCUT2D eigenvalue weighted by atomic mass is 10.2. The Hall–Kier alpha value is -3.17. The van der Waals surface area contributed by atoms with E-state index in [1.165, 1.54) is 18.9 Å². The van der Waals surface area contributed by atoms with E-state index >= 15 is 0 Å². The van der Waals surface area contributed by atoms with E-state index < -0.39 is 5.97 Å². The number of hydrogen-bond acceptors (Lipinski definition) is 7. The van der Waals surface area contributed by atoms with E-state index in [2.05, 4.69) is 15.5 Å². The number of para-hydroxylation sites is 2. The second-order valence-corrected chi connectivity index (χ2v) is 6.82. The Bertz CT molecular complexity index is 991. The Morgan fingerprint density at radius 2 is 1.76 bits per heavy atom. The Labute approximate surface area is 172 Å². The maximum Gasteiger partial charge on any atom is 0.339 e. The predicted molar refractivity (Wildman–Crippen MR) is 109 cm³/mol. The highest BCUT2D eigenvalue weighted by Gasteiger charge is 2.17. The third-order valence-corrected chi connectivity index (χ3v) is 4.86. The van der Waals surface area contributed by atoms with Crippen molar-refractivity contribution in [1.29, 1.82) is 0 Å². The van der Waals surface area contributed by atoms with Gasteiger partial charge in [-0.2, -0.15) is 0 Å². The van der Waals surface area contributed by atoms with Gasteiger partial charge in [0.2, 0.25) is 5.91 Å². The number of hydrogen-bond donors (Lipinski definition) is 1. The van der Waals surface area contributed by atoms with Crippen LogP contribution in [0.4, 0.5) is 5.69 Å². The summed E-state index contributed by atoms with van der Waals surface area (Å²) in [5.74, 6) is -0.0607. The van der Waals surface area contributed by atoms with Crippen molar-refractivity contribution in [3.05, 3.63) is 66.0 Å². The van der Waals surface area contributed by atoms with Crippen LogP contribution in [-0.4, -0.2) is 46.6 Å². The van der Waals surface area contributed by atoms with Crippen molar-refractivity contribution in [2.24, 2.45) is 0 Å². The van der Waals surface area contributed by atoms with Gasteiger partial charge in [0.05, 0.1) is 24.1 Å². The van der Waals surface area contributed by atoms with Crippen LogP contribution in [0, 0.1) is 0 Å². The monoisotopic (exact) mass is 412 g/mol. The van der Waals surface area contributed by atoms with Crippen molar-refractivity contribution in [3.63, 3.8) is 0 Å². The summed E-state index contributed by atoms with van der Waals surface area (Å²) in [4.78, 5) is 24.3. The minimum Gasteiger partial charge on any atom is -0.465 e. The lowest BCUT2D eigenvalue weighted by Gasteiger charge is -2.11. The smallest absolute Gasteiger partial charge is 0.339 e. The van der Waals surface area contributed by atoms with E-state index in [4.69, 9.17) is 9.47 Å². The number of ether oxygens (including phenoxy) is 2. The number of aromatic nitrogens is 3. The van der Waals surface area contributed by atoms with Crippen LogP contribution >= 0.6 is 11.8 Å². The van der Waals surface area contributed by atoms with Gasteiger partial charge < -0.3 is 14.8 Å². The maximum absolute atomic E-state index is 12.5. The first kappa shape index (κ1) is 20.6. The van der Waals surface area contributed by atoms with Gasteiger partial charge in [-0.1, -0.05) is 42.1 Å². The average Bonchev–Trinajstić information content (AvgIpc) is 3.15. The highest BCUT2D eigenvalue weighted by molar-refractivity contribution is 7.99. The second kappa shape index (κ2) is 9.85. The molecule has 0 spiro atoms. The van der Waals surface area contributed by atoms with Crippen molar-refractivity contribution in [1.82, 2.24) is 14.8 Å². The van der Waals surface area contributed by atoms with Crippen LogP contribution in [0.5, 0.6) is 0 Å². The molecule has 9 heteroatoms. The molecule has 0 aliphatic heterocycles. The predicted octanol–water partition coefficient (Wildman–Crippen LogP) is 2.93. The Kier molecular flexibility index (Phi) is 6.99. The van der Waals surface area contributed by atoms with Gasteiger partial charge in [-0.25, -0.2) is 4.79 Å². The zero-order valence-electron chi connectivity index (χ0n) is 16.0. The first-order valence-electron chi connectivity index (χ1n) is 8.72. The molecular formula is C20H20N4O4S. The lowest BCUT2D eigenvalue weighted by Crippen LogP contribution is -2.17. The molecule has 0 fully saturated rings. The van der Waals surface area contributed by atoms with Gasteiger partial charge in [0.15, 0.2) is 11.0 Å². The van der Waals surface area contributed by atoms with E-state index in [0.717, 1.165) is 5.69 Å². The lowest BCUT2D eigenvalue weighted by molar-refractivity contribution is -0.113. The molecule has 0 radical (unpaired) electrons. The van der Waals surface area contributed by atoms with E-state index in [-0.39, 0.29) is 11.7 Å². The summed E-state index contributed by atoms with van der Waals surface area (Å²) in [6.07, 6.45) is 0. The number of amides is 1. The topological polar surface area (TPSA) is 95.3 Å². The molecule has 0 saturated heterocycles. The van der Waals surface area contributed by atoms with Crippen molar-refractivity contribution in [2.45, 2.75) is 11.8 Å². The molecule has 2 aromatic carbocycles. The van der Waals surface area contributed by atoms with Crippen molar-refractivity contribution < 1.29 is 19.1 Å². The number of benzene rings is 2. The maximum atomic E-state index is 12.5. The number of anilines is 1. The van der Waals surface area contributed by atoms with Crippen LogP contribution < -0.4 is 5.32 Å². The van der Waals surface area contributed by atoms with Gasteiger partial charge in [-0.3, -0.25) is 9.36 Å². The van der Waals surface area contributed by atoms with Crippen LogP contribution in [0.15, 0.2) is 59.8 Å². The zero-order chi connectivity index (χ0) is 20.6. The molecule has 0 aliphatic carbocycles. The van der Waals surface area contributed by atoms with E-state index in [1.54, 1.807) is 31.4 Å². The van der Waals surface area contributed by atoms with E-state index in [0.29, 0.717) is 28.8 Å². The highest BCUT2D eigenvalue weighted by atomic mass is 32.2. The number of nitrogens with one attached hydrogen (secondary N) is 1. The SMILES string of the molecule is COCc1nnc(SCC(=O)Nc2ccccc2C(=O)OC)n1-c1ccccc1. The number of carbonyl (C=O) groups is 2. The molecule has 1 heterocycles. The molecule has 1 amide bonds. The number of thioether (sulfide) groups is 1. The standard InChI is InChI=1S/C20H20N4O4S/c1-27-12-17-22-23-20(24(17)14-8-4-3-5-9-14)29-13-18(25)21-16-11-7-6-10-15(16)19(26)28-2/h3-11H,12-13H2,1-2H3,(H,21,25). The Balaban J connectivity index is 1.74. The first-order valence-corrected chi connectivity index (χ1v) is 9.71. The Morgan fingerprint density at radius 1 is 1.03 bits per heavy atom. The van der Waals surface area contributed by atoms with Crippen molar-refractivity contribution >= 4 is 29.3 Å². The molecule has 3 rings (SSSR count). The molecule has 1 N–H and O–H groups in total. The number of nitrogens with zero attached hydrogens (tertiary/aromatic N) is 3. The van der Waals surface area contributed by atoms with Gasteiger partial charge in [0.25, 0.3) is 0 Å². The highest BCUT2D eigenvalue weighted by Crippen LogP contribution is 2.23. The van der Waals surface area contributed by atoms with E-state index in [9.17, 15) is 9.59 Å². The summed E-state index contributed by atoms with van der Waals surface area (Å²) in [5, 5.41) is 11.7. The van der Waals surface area contributed by atoms with Gasteiger partial charge in [-0.05, 0) is 24.3 Å². The van der Waals surface area contributed by atoms with Crippen LogP contribution in [0.2, 0.25) is 0 Å². The quantitative estimate of drug-likeness (QED) is 0.449. The summed E-state index contributed by atoms with van der Waals surface area (Å²) < 4.78 is 11.8. The van der Waals surface area contributed by atoms with Crippen LogP contribution in [0.1, 0.15) is 16.2 Å². The molecule has 0 aliphatic rings. The summed E-state index contributed by atoms with van der Waals surface area (Å²) in [6.45, 7) is 0.293. The molecule has 0 saturated carbocycles. The summed E-state index contributed by atoms with van der Waals surface area (Å²) in [7, 11) is 2.88. The summed E-state index contributed by atoms with van der Waals surface area (Å²) >= 11 is 1.24. The zero-order valence-corrected chi connectivity index (χ0v) is 16.8. The van der Waals surface area contributed by atoms with Gasteiger partial charge >= 0.3 is 5.97 Å². The fraction of sp³-hybridized carbons (Fsp3) is 0.200. The Morgan fingerprint density at radius 3 is 2.48 bits per heavy atom. The minimum absolute atomic E-state index is 0.0907. The first-order chi connectivity index (χ1) is 14.1. The number of methoxy groups -OCH3 is 2. The fourth-order valence-electron chi connectivity index (χ4n) is 2.65. The molecule has 150 valence electrons. The van der Waals surface area contributed by atoms with Crippen LogP contribution in [0.25, 0.3) is 5.69 Å². The molecule has 0 unspecified atom stereocenters. The summed E-state index contributed by atoms with van der Waals surface area (Å²) in [5.41, 5.74) is 1.57. The van der Waals surface area contributed by atoms with Gasteiger partial charge in [0, 0.05) is 12.8 Å². The summed E-state index contributed by atoms with van der Waals surface area (Å²) in [6, 6.07) is 16.3. The molecule has 3 aromatic rings. The number of esters is 1. The molecule has 29 heavy (non-hydrogen) atoms. The molecule has 0 atom stereocenters. The van der Waals surface area contributed by atoms with Crippen molar-refractivity contribution in [3.8, 4) is 5.69 Å². The average molecular weight is 412 g/mol. The molecule has 8 nitrogen and oxygen atoms in total. The minimum atomic E-state index is -0.512.